The normalized spacial score (nSPS) is 15.9. The van der Waals surface area contributed by atoms with Gasteiger partial charge in [-0.1, -0.05) is 23.7 Å². The molecule has 5 nitrogen and oxygen atoms in total. The van der Waals surface area contributed by atoms with Crippen LogP contribution >= 0.6 is 11.6 Å². The molecule has 25 heavy (non-hydrogen) atoms. The van der Waals surface area contributed by atoms with E-state index >= 15 is 0 Å². The molecule has 1 atom stereocenters. The third-order valence-corrected chi connectivity index (χ3v) is 4.28. The van der Waals surface area contributed by atoms with Crippen LogP contribution in [0.1, 0.15) is 31.0 Å². The summed E-state index contributed by atoms with van der Waals surface area (Å²) in [5.41, 5.74) is 2.49. The van der Waals surface area contributed by atoms with E-state index in [2.05, 4.69) is 5.32 Å². The maximum absolute atomic E-state index is 12.9. The lowest BCUT2D eigenvalue weighted by Crippen LogP contribution is -2.36. The molecule has 0 fully saturated rings. The number of amides is 2. The van der Waals surface area contributed by atoms with Gasteiger partial charge in [0.15, 0.2) is 0 Å². The Kier molecular flexibility index (Phi) is 4.95. The molecule has 0 bridgehead atoms. The molecule has 0 saturated heterocycles. The van der Waals surface area contributed by atoms with Crippen LogP contribution in [0.4, 0.5) is 5.69 Å². The Hall–Kier alpha value is -2.53. The van der Waals surface area contributed by atoms with Crippen LogP contribution in [0.25, 0.3) is 0 Å². The van der Waals surface area contributed by atoms with Gasteiger partial charge in [0.25, 0.3) is 5.91 Å². The van der Waals surface area contributed by atoms with Gasteiger partial charge in [-0.25, -0.2) is 0 Å². The van der Waals surface area contributed by atoms with E-state index in [1.807, 2.05) is 37.3 Å². The molecule has 130 valence electrons. The first-order valence-electron chi connectivity index (χ1n) is 8.09. The fraction of sp³-hybridized carbons (Fsp3) is 0.263. The number of ether oxygens (including phenoxy) is 1. The van der Waals surface area contributed by atoms with Crippen molar-refractivity contribution in [3.63, 3.8) is 0 Å². The SMILES string of the molecule is CCOc1ccc2c(c1)[C@H](NC(C)=O)C(=O)N2Cc1ccc(Cl)cc1. The number of carbonyl (C=O) groups excluding carboxylic acids is 2. The van der Waals surface area contributed by atoms with Crippen LogP contribution < -0.4 is 15.0 Å². The maximum Gasteiger partial charge on any atom is 0.254 e. The van der Waals surface area contributed by atoms with Crippen molar-refractivity contribution in [1.82, 2.24) is 5.32 Å². The van der Waals surface area contributed by atoms with Crippen LogP contribution in [0.15, 0.2) is 42.5 Å². The Labute approximate surface area is 151 Å². The minimum Gasteiger partial charge on any atom is -0.494 e. The van der Waals surface area contributed by atoms with Crippen molar-refractivity contribution in [3.8, 4) is 5.75 Å². The first kappa shape index (κ1) is 17.3. The van der Waals surface area contributed by atoms with Gasteiger partial charge in [0.1, 0.15) is 11.8 Å². The molecule has 1 aliphatic heterocycles. The lowest BCUT2D eigenvalue weighted by atomic mass is 10.1. The smallest absolute Gasteiger partial charge is 0.254 e. The molecule has 2 aromatic carbocycles. The van der Waals surface area contributed by atoms with Gasteiger partial charge >= 0.3 is 0 Å². The van der Waals surface area contributed by atoms with E-state index in [0.717, 1.165) is 16.8 Å². The van der Waals surface area contributed by atoms with Gasteiger partial charge in [-0.2, -0.15) is 0 Å². The Bertz CT molecular complexity index is 805. The number of hydrogen-bond acceptors (Lipinski definition) is 3. The summed E-state index contributed by atoms with van der Waals surface area (Å²) in [5.74, 6) is 0.269. The van der Waals surface area contributed by atoms with Crippen LogP contribution in [-0.4, -0.2) is 18.4 Å². The van der Waals surface area contributed by atoms with Crippen molar-refractivity contribution in [2.45, 2.75) is 26.4 Å². The number of nitrogens with zero attached hydrogens (tertiary/aromatic N) is 1. The maximum atomic E-state index is 12.9. The Morgan fingerprint density at radius 3 is 2.60 bits per heavy atom. The fourth-order valence-electron chi connectivity index (χ4n) is 2.95. The highest BCUT2D eigenvalue weighted by molar-refractivity contribution is 6.30. The number of anilines is 1. The van der Waals surface area contributed by atoms with Crippen LogP contribution in [0.2, 0.25) is 5.02 Å². The van der Waals surface area contributed by atoms with Crippen molar-refractivity contribution < 1.29 is 14.3 Å². The highest BCUT2D eigenvalue weighted by atomic mass is 35.5. The topological polar surface area (TPSA) is 58.6 Å². The van der Waals surface area contributed by atoms with Gasteiger partial charge in [-0.05, 0) is 42.8 Å². The minimum absolute atomic E-state index is 0.159. The van der Waals surface area contributed by atoms with Gasteiger partial charge in [-0.15, -0.1) is 0 Å². The molecule has 6 heteroatoms. The number of halogens is 1. The highest BCUT2D eigenvalue weighted by Crippen LogP contribution is 2.39. The Balaban J connectivity index is 1.96. The summed E-state index contributed by atoms with van der Waals surface area (Å²) in [7, 11) is 0. The van der Waals surface area contributed by atoms with E-state index in [0.29, 0.717) is 23.9 Å². The first-order valence-corrected chi connectivity index (χ1v) is 8.47. The zero-order valence-electron chi connectivity index (χ0n) is 14.1. The Morgan fingerprint density at radius 1 is 1.24 bits per heavy atom. The van der Waals surface area contributed by atoms with Crippen LogP contribution in [-0.2, 0) is 16.1 Å². The van der Waals surface area contributed by atoms with E-state index < -0.39 is 6.04 Å². The fourth-order valence-corrected chi connectivity index (χ4v) is 3.08. The second kappa shape index (κ2) is 7.15. The average Bonchev–Trinajstić information content (AvgIpc) is 2.82. The summed E-state index contributed by atoms with van der Waals surface area (Å²) in [6.07, 6.45) is 0. The van der Waals surface area contributed by atoms with Gasteiger partial charge < -0.3 is 15.0 Å². The number of benzene rings is 2. The summed E-state index contributed by atoms with van der Waals surface area (Å²) in [6, 6.07) is 12.2. The molecule has 1 heterocycles. The number of hydrogen-bond donors (Lipinski definition) is 1. The monoisotopic (exact) mass is 358 g/mol. The molecule has 2 amide bonds. The Morgan fingerprint density at radius 2 is 1.96 bits per heavy atom. The van der Waals surface area contributed by atoms with Gasteiger partial charge in [-0.3, -0.25) is 9.59 Å². The second-order valence-electron chi connectivity index (χ2n) is 5.84. The third kappa shape index (κ3) is 3.61. The number of rotatable bonds is 5. The van der Waals surface area contributed by atoms with Crippen molar-refractivity contribution in [2.24, 2.45) is 0 Å². The van der Waals surface area contributed by atoms with E-state index in [-0.39, 0.29) is 11.8 Å². The summed E-state index contributed by atoms with van der Waals surface area (Å²) in [4.78, 5) is 26.1. The van der Waals surface area contributed by atoms with Crippen molar-refractivity contribution in [1.29, 1.82) is 0 Å². The van der Waals surface area contributed by atoms with E-state index in [1.54, 1.807) is 17.0 Å². The van der Waals surface area contributed by atoms with Crippen LogP contribution in [0.3, 0.4) is 0 Å². The molecule has 1 N–H and O–H groups in total. The largest absolute Gasteiger partial charge is 0.494 e. The van der Waals surface area contributed by atoms with E-state index in [4.69, 9.17) is 16.3 Å². The molecule has 1 aliphatic rings. The zero-order chi connectivity index (χ0) is 18.0. The van der Waals surface area contributed by atoms with Crippen LogP contribution in [0, 0.1) is 0 Å². The first-order chi connectivity index (χ1) is 12.0. The molecule has 0 spiro atoms. The van der Waals surface area contributed by atoms with Crippen molar-refractivity contribution in [2.75, 3.05) is 11.5 Å². The molecular formula is C19H19ClN2O3. The predicted octanol–water partition coefficient (Wildman–Crippen LogP) is 3.46. The summed E-state index contributed by atoms with van der Waals surface area (Å²) >= 11 is 5.92. The summed E-state index contributed by atoms with van der Waals surface area (Å²) in [6.45, 7) is 4.25. The standard InChI is InChI=1S/C19H19ClN2O3/c1-3-25-15-8-9-17-16(10-15)18(21-12(2)23)19(24)22(17)11-13-4-6-14(20)7-5-13/h4-10,18H,3,11H2,1-2H3,(H,21,23)/t18-/m0/s1. The molecule has 0 unspecified atom stereocenters. The number of nitrogens with one attached hydrogen (secondary N) is 1. The van der Waals surface area contributed by atoms with E-state index in [9.17, 15) is 9.59 Å². The predicted molar refractivity (Wildman–Crippen MR) is 96.8 cm³/mol. The average molecular weight is 359 g/mol. The highest BCUT2D eigenvalue weighted by Gasteiger charge is 2.38. The molecular weight excluding hydrogens is 340 g/mol. The van der Waals surface area contributed by atoms with Gasteiger partial charge in [0, 0.05) is 17.5 Å². The number of fused-ring (bicyclic) bond motifs is 1. The van der Waals surface area contributed by atoms with Crippen LogP contribution in [0.5, 0.6) is 5.75 Å². The molecule has 0 radical (unpaired) electrons. The summed E-state index contributed by atoms with van der Waals surface area (Å²) in [5, 5.41) is 3.38. The minimum atomic E-state index is -0.694. The molecule has 0 saturated carbocycles. The third-order valence-electron chi connectivity index (χ3n) is 4.03. The van der Waals surface area contributed by atoms with Crippen molar-refractivity contribution in [3.05, 3.63) is 58.6 Å². The van der Waals surface area contributed by atoms with E-state index in [1.165, 1.54) is 6.92 Å². The molecule has 0 aliphatic carbocycles. The van der Waals surface area contributed by atoms with Gasteiger partial charge in [0.2, 0.25) is 5.91 Å². The lowest BCUT2D eigenvalue weighted by molar-refractivity contribution is -0.126. The molecule has 3 rings (SSSR count). The number of carbonyl (C=O) groups is 2. The van der Waals surface area contributed by atoms with Crippen molar-refractivity contribution >= 4 is 29.1 Å². The quantitative estimate of drug-likeness (QED) is 0.890. The zero-order valence-corrected chi connectivity index (χ0v) is 14.8. The lowest BCUT2D eigenvalue weighted by Gasteiger charge is -2.18. The molecule has 0 aromatic heterocycles. The summed E-state index contributed by atoms with van der Waals surface area (Å²) < 4.78 is 5.53. The van der Waals surface area contributed by atoms with Gasteiger partial charge in [0.05, 0.1) is 18.8 Å². The molecule has 2 aromatic rings. The second-order valence-corrected chi connectivity index (χ2v) is 6.27.